The molecule has 3 aromatic rings. The molecule has 0 amide bonds. The van der Waals surface area contributed by atoms with E-state index in [0.29, 0.717) is 26.6 Å². The average molecular weight is 436 g/mol. The molecule has 1 aromatic heterocycles. The van der Waals surface area contributed by atoms with E-state index in [9.17, 15) is 19.7 Å². The Kier molecular flexibility index (Phi) is 6.05. The highest BCUT2D eigenvalue weighted by Gasteiger charge is 2.22. The number of Topliss-reactive ketones (excluding diaryl/α,β-unsaturated/α-hetero) is 1. The zero-order chi connectivity index (χ0) is 21.1. The Labute approximate surface area is 174 Å². The number of aromatic amines is 1. The lowest BCUT2D eigenvalue weighted by Gasteiger charge is -2.08. The molecule has 10 heteroatoms. The Morgan fingerprint density at radius 1 is 1.21 bits per heavy atom. The summed E-state index contributed by atoms with van der Waals surface area (Å²) in [6.45, 7) is 1.68. The van der Waals surface area contributed by atoms with E-state index in [4.69, 9.17) is 27.9 Å². The maximum atomic E-state index is 12.5. The van der Waals surface area contributed by atoms with Crippen LogP contribution in [-0.2, 0) is 4.74 Å². The number of ether oxygens (including phenoxy) is 1. The summed E-state index contributed by atoms with van der Waals surface area (Å²) in [5, 5.41) is 14.8. The van der Waals surface area contributed by atoms with Gasteiger partial charge in [-0.15, -0.1) is 0 Å². The van der Waals surface area contributed by atoms with Crippen LogP contribution in [0.3, 0.4) is 0 Å². The summed E-state index contributed by atoms with van der Waals surface area (Å²) < 4.78 is 5.06. The van der Waals surface area contributed by atoms with Crippen LogP contribution in [0.25, 0.3) is 10.9 Å². The van der Waals surface area contributed by atoms with Crippen LogP contribution in [0.1, 0.15) is 27.8 Å². The van der Waals surface area contributed by atoms with Crippen molar-refractivity contribution in [2.24, 2.45) is 0 Å². The van der Waals surface area contributed by atoms with Crippen LogP contribution in [0.5, 0.6) is 0 Å². The first-order valence-corrected chi connectivity index (χ1v) is 9.26. The average Bonchev–Trinajstić information content (AvgIpc) is 3.05. The van der Waals surface area contributed by atoms with Crippen molar-refractivity contribution in [3.63, 3.8) is 0 Å². The fraction of sp³-hybridized carbons (Fsp3) is 0.158. The molecule has 0 aliphatic heterocycles. The van der Waals surface area contributed by atoms with Gasteiger partial charge in [0.25, 0.3) is 5.69 Å². The maximum Gasteiger partial charge on any atom is 0.356 e. The van der Waals surface area contributed by atoms with Crippen molar-refractivity contribution in [3.8, 4) is 0 Å². The lowest BCUT2D eigenvalue weighted by atomic mass is 10.1. The largest absolute Gasteiger partial charge is 0.461 e. The van der Waals surface area contributed by atoms with E-state index in [2.05, 4.69) is 10.3 Å². The van der Waals surface area contributed by atoms with Crippen molar-refractivity contribution >= 4 is 57.2 Å². The van der Waals surface area contributed by atoms with Gasteiger partial charge in [0.1, 0.15) is 5.69 Å². The molecule has 0 fully saturated rings. The van der Waals surface area contributed by atoms with Gasteiger partial charge >= 0.3 is 5.97 Å². The summed E-state index contributed by atoms with van der Waals surface area (Å²) in [5.41, 5.74) is 1.11. The van der Waals surface area contributed by atoms with Gasteiger partial charge in [-0.3, -0.25) is 14.9 Å². The van der Waals surface area contributed by atoms with Crippen molar-refractivity contribution in [2.75, 3.05) is 18.5 Å². The molecule has 0 unspecified atom stereocenters. The van der Waals surface area contributed by atoms with Crippen LogP contribution >= 0.6 is 23.2 Å². The highest BCUT2D eigenvalue weighted by atomic mass is 35.5. The van der Waals surface area contributed by atoms with Crippen molar-refractivity contribution in [3.05, 3.63) is 67.8 Å². The van der Waals surface area contributed by atoms with E-state index in [1.54, 1.807) is 13.0 Å². The van der Waals surface area contributed by atoms with Crippen molar-refractivity contribution in [1.29, 1.82) is 0 Å². The number of anilines is 1. The molecular formula is C19H15Cl2N3O5. The van der Waals surface area contributed by atoms with E-state index in [1.165, 1.54) is 30.3 Å². The molecule has 3 rings (SSSR count). The summed E-state index contributed by atoms with van der Waals surface area (Å²) in [6.07, 6.45) is 0. The number of hydrogen-bond donors (Lipinski definition) is 2. The molecule has 150 valence electrons. The SMILES string of the molecule is CCOC(=O)c1[nH]c2cc(Cl)cc(Cl)c2c1NCC(=O)c1ccc([N+](=O)[O-])cc1. The van der Waals surface area contributed by atoms with Crippen LogP contribution in [0, 0.1) is 10.1 Å². The highest BCUT2D eigenvalue weighted by molar-refractivity contribution is 6.40. The third-order valence-corrected chi connectivity index (χ3v) is 4.64. The first-order chi connectivity index (χ1) is 13.8. The van der Waals surface area contributed by atoms with Crippen molar-refractivity contribution in [2.45, 2.75) is 6.92 Å². The number of hydrogen-bond acceptors (Lipinski definition) is 6. The van der Waals surface area contributed by atoms with Crippen LogP contribution in [0.4, 0.5) is 11.4 Å². The number of fused-ring (bicyclic) bond motifs is 1. The maximum absolute atomic E-state index is 12.5. The van der Waals surface area contributed by atoms with Crippen LogP contribution in [0.15, 0.2) is 36.4 Å². The summed E-state index contributed by atoms with van der Waals surface area (Å²) >= 11 is 12.3. The second-order valence-electron chi connectivity index (χ2n) is 5.99. The molecule has 0 spiro atoms. The quantitative estimate of drug-likeness (QED) is 0.237. The summed E-state index contributed by atoms with van der Waals surface area (Å²) in [7, 11) is 0. The van der Waals surface area contributed by atoms with E-state index < -0.39 is 10.9 Å². The molecule has 0 saturated heterocycles. The number of ketones is 1. The first kappa shape index (κ1) is 20.6. The predicted molar refractivity (Wildman–Crippen MR) is 110 cm³/mol. The van der Waals surface area contributed by atoms with Crippen LogP contribution in [-0.4, -0.2) is 34.8 Å². The Hall–Kier alpha value is -3.10. The van der Waals surface area contributed by atoms with Gasteiger partial charge in [0.2, 0.25) is 0 Å². The molecule has 0 radical (unpaired) electrons. The number of halogens is 2. The second kappa shape index (κ2) is 8.50. The molecule has 0 saturated carbocycles. The predicted octanol–water partition coefficient (Wildman–Crippen LogP) is 4.85. The highest BCUT2D eigenvalue weighted by Crippen LogP contribution is 2.36. The van der Waals surface area contributed by atoms with Gasteiger partial charge in [0.15, 0.2) is 5.78 Å². The van der Waals surface area contributed by atoms with E-state index in [0.717, 1.165) is 0 Å². The number of carbonyl (C=O) groups is 2. The van der Waals surface area contributed by atoms with Gasteiger partial charge in [-0.2, -0.15) is 0 Å². The lowest BCUT2D eigenvalue weighted by molar-refractivity contribution is -0.384. The van der Waals surface area contributed by atoms with Gasteiger partial charge in [-0.1, -0.05) is 23.2 Å². The molecule has 0 aliphatic rings. The Bertz CT molecular complexity index is 1110. The lowest BCUT2D eigenvalue weighted by Crippen LogP contribution is -2.16. The van der Waals surface area contributed by atoms with Gasteiger partial charge in [-0.25, -0.2) is 4.79 Å². The minimum atomic E-state index is -0.610. The molecule has 0 bridgehead atoms. The number of esters is 1. The number of non-ortho nitro benzene ring substituents is 1. The van der Waals surface area contributed by atoms with Crippen molar-refractivity contribution in [1.82, 2.24) is 4.98 Å². The second-order valence-corrected chi connectivity index (χ2v) is 6.83. The van der Waals surface area contributed by atoms with Crippen LogP contribution in [0.2, 0.25) is 10.0 Å². The zero-order valence-corrected chi connectivity index (χ0v) is 16.6. The monoisotopic (exact) mass is 435 g/mol. The van der Waals surface area contributed by atoms with E-state index >= 15 is 0 Å². The molecule has 8 nitrogen and oxygen atoms in total. The third kappa shape index (κ3) is 4.33. The number of nitrogens with one attached hydrogen (secondary N) is 2. The summed E-state index contributed by atoms with van der Waals surface area (Å²) in [5.74, 6) is -0.935. The van der Waals surface area contributed by atoms with E-state index in [1.807, 2.05) is 0 Å². The number of nitro groups is 1. The number of aromatic nitrogens is 1. The number of rotatable bonds is 7. The van der Waals surface area contributed by atoms with Gasteiger partial charge < -0.3 is 15.0 Å². The molecule has 1 heterocycles. The Morgan fingerprint density at radius 3 is 2.52 bits per heavy atom. The normalized spacial score (nSPS) is 10.7. The molecule has 2 aromatic carbocycles. The van der Waals surface area contributed by atoms with Crippen molar-refractivity contribution < 1.29 is 19.2 Å². The van der Waals surface area contributed by atoms with Crippen LogP contribution < -0.4 is 5.32 Å². The fourth-order valence-corrected chi connectivity index (χ4v) is 3.41. The summed E-state index contributed by atoms with van der Waals surface area (Å²) in [6, 6.07) is 8.38. The number of nitro benzene ring substituents is 1. The smallest absolute Gasteiger partial charge is 0.356 e. The van der Waals surface area contributed by atoms with E-state index in [-0.39, 0.29) is 35.9 Å². The first-order valence-electron chi connectivity index (χ1n) is 8.51. The van der Waals surface area contributed by atoms with Gasteiger partial charge in [0.05, 0.1) is 34.3 Å². The topological polar surface area (TPSA) is 114 Å². The van der Waals surface area contributed by atoms with Gasteiger partial charge in [0, 0.05) is 28.1 Å². The van der Waals surface area contributed by atoms with Gasteiger partial charge in [-0.05, 0) is 31.2 Å². The zero-order valence-electron chi connectivity index (χ0n) is 15.1. The Balaban J connectivity index is 1.91. The Morgan fingerprint density at radius 2 is 1.90 bits per heavy atom. The molecule has 2 N–H and O–H groups in total. The molecule has 0 aliphatic carbocycles. The fourth-order valence-electron chi connectivity index (χ4n) is 2.82. The number of H-pyrrole nitrogens is 1. The standard InChI is InChI=1S/C19H15Cl2N3O5/c1-2-29-19(26)18-17(16-13(21)7-11(20)8-14(16)23-18)22-9-15(25)10-3-5-12(6-4-10)24(27)28/h3-8,22-23H,2,9H2,1H3. The number of nitrogens with zero attached hydrogens (tertiary/aromatic N) is 1. The summed E-state index contributed by atoms with van der Waals surface area (Å²) in [4.78, 5) is 37.9. The third-order valence-electron chi connectivity index (χ3n) is 4.12. The number of carbonyl (C=O) groups excluding carboxylic acids is 2. The number of benzene rings is 2. The molecular weight excluding hydrogens is 421 g/mol. The molecule has 0 atom stereocenters. The molecule has 29 heavy (non-hydrogen) atoms. The minimum absolute atomic E-state index is 0.112. The minimum Gasteiger partial charge on any atom is -0.461 e.